The predicted molar refractivity (Wildman–Crippen MR) is 81.0 cm³/mol. The Hall–Kier alpha value is -0.250. The number of nitrogens with one attached hydrogen (secondary N) is 1. The third-order valence-corrected chi connectivity index (χ3v) is 4.62. The standard InChI is InChI=1S/C13H16BrCl2NO/c1-3-13(4-2,8-14)17-12(18)9-5-10(15)7-11(16)6-9/h5-7H,3-4,8H2,1-2H3,(H,17,18). The quantitative estimate of drug-likeness (QED) is 0.766. The lowest BCUT2D eigenvalue weighted by Crippen LogP contribution is -2.49. The highest BCUT2D eigenvalue weighted by atomic mass is 79.9. The molecule has 100 valence electrons. The van der Waals surface area contributed by atoms with Gasteiger partial charge in [-0.3, -0.25) is 4.79 Å². The molecule has 0 heterocycles. The van der Waals surface area contributed by atoms with Crippen molar-refractivity contribution in [2.45, 2.75) is 32.2 Å². The Morgan fingerprint density at radius 3 is 2.11 bits per heavy atom. The number of rotatable bonds is 5. The second kappa shape index (κ2) is 6.78. The monoisotopic (exact) mass is 351 g/mol. The van der Waals surface area contributed by atoms with Gasteiger partial charge in [-0.25, -0.2) is 0 Å². The van der Waals surface area contributed by atoms with Gasteiger partial charge in [0.05, 0.1) is 0 Å². The maximum absolute atomic E-state index is 12.2. The summed E-state index contributed by atoms with van der Waals surface area (Å²) in [7, 11) is 0. The molecule has 1 aromatic carbocycles. The molecule has 2 nitrogen and oxygen atoms in total. The van der Waals surface area contributed by atoms with Gasteiger partial charge in [0, 0.05) is 26.5 Å². The van der Waals surface area contributed by atoms with Gasteiger partial charge in [0.1, 0.15) is 0 Å². The van der Waals surface area contributed by atoms with E-state index in [-0.39, 0.29) is 11.4 Å². The third-order valence-electron chi connectivity index (χ3n) is 3.11. The maximum atomic E-state index is 12.2. The van der Waals surface area contributed by atoms with E-state index in [2.05, 4.69) is 35.1 Å². The Labute approximate surface area is 126 Å². The van der Waals surface area contributed by atoms with E-state index in [1.54, 1.807) is 18.2 Å². The molecule has 1 N–H and O–H groups in total. The molecule has 0 bridgehead atoms. The first-order valence-electron chi connectivity index (χ1n) is 5.81. The molecule has 0 saturated carbocycles. The normalized spacial score (nSPS) is 11.4. The second-order valence-electron chi connectivity index (χ2n) is 4.23. The van der Waals surface area contributed by atoms with Crippen LogP contribution in [-0.4, -0.2) is 16.8 Å². The van der Waals surface area contributed by atoms with E-state index >= 15 is 0 Å². The minimum atomic E-state index is -0.230. The first-order chi connectivity index (χ1) is 8.46. The highest BCUT2D eigenvalue weighted by Crippen LogP contribution is 2.22. The van der Waals surface area contributed by atoms with Crippen LogP contribution in [0.4, 0.5) is 0 Å². The molecule has 1 amide bonds. The molecular weight excluding hydrogens is 337 g/mol. The van der Waals surface area contributed by atoms with Crippen molar-refractivity contribution in [2.75, 3.05) is 5.33 Å². The van der Waals surface area contributed by atoms with Crippen LogP contribution < -0.4 is 5.32 Å². The van der Waals surface area contributed by atoms with Gasteiger partial charge in [-0.15, -0.1) is 0 Å². The van der Waals surface area contributed by atoms with Crippen molar-refractivity contribution >= 4 is 45.0 Å². The van der Waals surface area contributed by atoms with Crippen molar-refractivity contribution in [1.29, 1.82) is 0 Å². The van der Waals surface area contributed by atoms with Crippen LogP contribution in [0.2, 0.25) is 10.0 Å². The molecule has 0 spiro atoms. The fourth-order valence-electron chi connectivity index (χ4n) is 1.65. The van der Waals surface area contributed by atoms with Crippen LogP contribution >= 0.6 is 39.1 Å². The molecule has 0 atom stereocenters. The number of amides is 1. The van der Waals surface area contributed by atoms with Gasteiger partial charge >= 0.3 is 0 Å². The van der Waals surface area contributed by atoms with E-state index in [0.717, 1.165) is 12.8 Å². The average molecular weight is 353 g/mol. The van der Waals surface area contributed by atoms with E-state index in [1.807, 2.05) is 0 Å². The minimum absolute atomic E-state index is 0.150. The van der Waals surface area contributed by atoms with Crippen LogP contribution in [0.1, 0.15) is 37.0 Å². The number of alkyl halides is 1. The van der Waals surface area contributed by atoms with Crippen LogP contribution in [0.25, 0.3) is 0 Å². The lowest BCUT2D eigenvalue weighted by atomic mass is 9.95. The number of halogens is 3. The molecule has 0 aliphatic heterocycles. The van der Waals surface area contributed by atoms with E-state index in [4.69, 9.17) is 23.2 Å². The van der Waals surface area contributed by atoms with Crippen LogP contribution in [0.15, 0.2) is 18.2 Å². The summed E-state index contributed by atoms with van der Waals surface area (Å²) in [6.07, 6.45) is 1.71. The van der Waals surface area contributed by atoms with Gasteiger partial charge in [0.15, 0.2) is 0 Å². The van der Waals surface area contributed by atoms with Crippen molar-refractivity contribution in [3.8, 4) is 0 Å². The van der Waals surface area contributed by atoms with Crippen LogP contribution in [-0.2, 0) is 0 Å². The summed E-state index contributed by atoms with van der Waals surface area (Å²) in [5.41, 5.74) is 0.256. The summed E-state index contributed by atoms with van der Waals surface area (Å²) in [6, 6.07) is 4.84. The van der Waals surface area contributed by atoms with E-state index < -0.39 is 0 Å². The second-order valence-corrected chi connectivity index (χ2v) is 5.67. The summed E-state index contributed by atoms with van der Waals surface area (Å²) in [5.74, 6) is -0.150. The number of carbonyl (C=O) groups is 1. The van der Waals surface area contributed by atoms with Crippen LogP contribution in [0.5, 0.6) is 0 Å². The SMILES string of the molecule is CCC(CC)(CBr)NC(=O)c1cc(Cl)cc(Cl)c1. The van der Waals surface area contributed by atoms with E-state index in [0.29, 0.717) is 20.9 Å². The molecular formula is C13H16BrCl2NO. The fraction of sp³-hybridized carbons (Fsp3) is 0.462. The van der Waals surface area contributed by atoms with Gasteiger partial charge in [-0.2, -0.15) is 0 Å². The Morgan fingerprint density at radius 2 is 1.72 bits per heavy atom. The zero-order valence-electron chi connectivity index (χ0n) is 10.4. The summed E-state index contributed by atoms with van der Waals surface area (Å²) < 4.78 is 0. The first kappa shape index (κ1) is 15.8. The van der Waals surface area contributed by atoms with Crippen LogP contribution in [0, 0.1) is 0 Å². The van der Waals surface area contributed by atoms with Gasteiger partial charge in [0.2, 0.25) is 0 Å². The molecule has 1 rings (SSSR count). The molecule has 0 fully saturated rings. The number of benzene rings is 1. The number of carbonyl (C=O) groups excluding carboxylic acids is 1. The van der Waals surface area contributed by atoms with Gasteiger partial charge in [-0.1, -0.05) is 53.0 Å². The zero-order chi connectivity index (χ0) is 13.8. The Kier molecular flexibility index (Phi) is 5.96. The van der Waals surface area contributed by atoms with Crippen molar-refractivity contribution in [2.24, 2.45) is 0 Å². The predicted octanol–water partition coefficient (Wildman–Crippen LogP) is 4.68. The van der Waals surface area contributed by atoms with E-state index in [1.165, 1.54) is 0 Å². The van der Waals surface area contributed by atoms with Gasteiger partial charge in [-0.05, 0) is 31.0 Å². The highest BCUT2D eigenvalue weighted by Gasteiger charge is 2.27. The molecule has 0 unspecified atom stereocenters. The van der Waals surface area contributed by atoms with Crippen molar-refractivity contribution in [3.05, 3.63) is 33.8 Å². The number of hydrogen-bond donors (Lipinski definition) is 1. The summed E-state index contributed by atoms with van der Waals surface area (Å²) in [4.78, 5) is 12.2. The van der Waals surface area contributed by atoms with Crippen molar-refractivity contribution < 1.29 is 4.79 Å². The highest BCUT2D eigenvalue weighted by molar-refractivity contribution is 9.09. The molecule has 0 aliphatic carbocycles. The molecule has 18 heavy (non-hydrogen) atoms. The molecule has 0 aromatic heterocycles. The third kappa shape index (κ3) is 3.87. The van der Waals surface area contributed by atoms with Gasteiger partial charge in [0.25, 0.3) is 5.91 Å². The topological polar surface area (TPSA) is 29.1 Å². The maximum Gasteiger partial charge on any atom is 0.251 e. The van der Waals surface area contributed by atoms with Crippen LogP contribution in [0.3, 0.4) is 0 Å². The minimum Gasteiger partial charge on any atom is -0.346 e. The lowest BCUT2D eigenvalue weighted by molar-refractivity contribution is 0.0903. The van der Waals surface area contributed by atoms with Crippen molar-refractivity contribution in [3.63, 3.8) is 0 Å². The Bertz CT molecular complexity index is 404. The number of hydrogen-bond acceptors (Lipinski definition) is 1. The average Bonchev–Trinajstić information content (AvgIpc) is 2.35. The fourth-order valence-corrected chi connectivity index (χ4v) is 3.11. The Balaban J connectivity index is 2.94. The zero-order valence-corrected chi connectivity index (χ0v) is 13.5. The molecule has 0 radical (unpaired) electrons. The van der Waals surface area contributed by atoms with E-state index in [9.17, 15) is 4.79 Å². The van der Waals surface area contributed by atoms with Gasteiger partial charge < -0.3 is 5.32 Å². The molecule has 1 aromatic rings. The largest absolute Gasteiger partial charge is 0.346 e. The summed E-state index contributed by atoms with van der Waals surface area (Å²) in [6.45, 7) is 4.10. The van der Waals surface area contributed by atoms with Crippen molar-refractivity contribution in [1.82, 2.24) is 5.32 Å². The smallest absolute Gasteiger partial charge is 0.251 e. The molecule has 5 heteroatoms. The first-order valence-corrected chi connectivity index (χ1v) is 7.68. The lowest BCUT2D eigenvalue weighted by Gasteiger charge is -2.31. The Morgan fingerprint density at radius 1 is 1.22 bits per heavy atom. The summed E-state index contributed by atoms with van der Waals surface area (Å²) in [5, 5.41) is 4.69. The molecule has 0 aliphatic rings. The molecule has 0 saturated heterocycles. The summed E-state index contributed by atoms with van der Waals surface area (Å²) >= 11 is 15.2.